The van der Waals surface area contributed by atoms with E-state index in [4.69, 9.17) is 9.47 Å². The molecule has 2 aliphatic rings. The third kappa shape index (κ3) is 3.48. The Labute approximate surface area is 148 Å². The first-order valence-electron chi connectivity index (χ1n) is 8.89. The molecule has 1 saturated heterocycles. The molecule has 5 nitrogen and oxygen atoms in total. The summed E-state index contributed by atoms with van der Waals surface area (Å²) in [6.07, 6.45) is 3.23. The van der Waals surface area contributed by atoms with Crippen molar-refractivity contribution < 1.29 is 14.6 Å². The molecule has 25 heavy (non-hydrogen) atoms. The number of likely N-dealkylation sites (tertiary alicyclic amines) is 1. The topological polar surface area (TPSA) is 54.8 Å². The Bertz CT molecular complexity index is 724. The second kappa shape index (κ2) is 6.65. The maximum absolute atomic E-state index is 10.9. The van der Waals surface area contributed by atoms with Crippen molar-refractivity contribution in [3.05, 3.63) is 53.9 Å². The smallest absolute Gasteiger partial charge is 0.161 e. The Morgan fingerprint density at radius 3 is 2.64 bits per heavy atom. The van der Waals surface area contributed by atoms with E-state index in [0.29, 0.717) is 19.4 Å². The van der Waals surface area contributed by atoms with Crippen LogP contribution in [0.2, 0.25) is 0 Å². The molecule has 3 heterocycles. The van der Waals surface area contributed by atoms with Crippen LogP contribution in [0.5, 0.6) is 11.5 Å². The van der Waals surface area contributed by atoms with Crippen molar-refractivity contribution in [2.45, 2.75) is 31.5 Å². The normalized spacial score (nSPS) is 22.6. The van der Waals surface area contributed by atoms with Gasteiger partial charge in [0.25, 0.3) is 0 Å². The zero-order valence-corrected chi connectivity index (χ0v) is 14.5. The maximum Gasteiger partial charge on any atom is 0.161 e. The molecule has 2 aliphatic heterocycles. The molecule has 132 valence electrons. The number of aliphatic hydroxyl groups is 1. The zero-order valence-electron chi connectivity index (χ0n) is 14.5. The molecular weight excluding hydrogens is 316 g/mol. The van der Waals surface area contributed by atoms with Gasteiger partial charge in [-0.1, -0.05) is 18.2 Å². The summed E-state index contributed by atoms with van der Waals surface area (Å²) in [6, 6.07) is 11.7. The van der Waals surface area contributed by atoms with Gasteiger partial charge in [0.15, 0.2) is 11.5 Å². The lowest BCUT2D eigenvalue weighted by atomic mass is 9.87. The molecule has 0 amide bonds. The number of para-hydroxylation sites is 2. The Morgan fingerprint density at radius 2 is 1.92 bits per heavy atom. The Morgan fingerprint density at radius 1 is 1.16 bits per heavy atom. The highest BCUT2D eigenvalue weighted by Gasteiger charge is 2.36. The maximum atomic E-state index is 10.9. The van der Waals surface area contributed by atoms with Crippen molar-refractivity contribution in [2.75, 3.05) is 26.2 Å². The summed E-state index contributed by atoms with van der Waals surface area (Å²) in [5.41, 5.74) is 1.07. The Balaban J connectivity index is 1.34. The first kappa shape index (κ1) is 16.4. The van der Waals surface area contributed by atoms with Gasteiger partial charge >= 0.3 is 0 Å². The molecular formula is C20H24N2O3. The number of pyridine rings is 1. The second-order valence-electron chi connectivity index (χ2n) is 7.05. The van der Waals surface area contributed by atoms with E-state index in [9.17, 15) is 5.11 Å². The summed E-state index contributed by atoms with van der Waals surface area (Å²) in [4.78, 5) is 6.76. The molecule has 2 aromatic rings. The van der Waals surface area contributed by atoms with Gasteiger partial charge in [-0.3, -0.25) is 9.88 Å². The minimum Gasteiger partial charge on any atom is -0.486 e. The van der Waals surface area contributed by atoms with Gasteiger partial charge in [0.1, 0.15) is 18.3 Å². The van der Waals surface area contributed by atoms with E-state index in [2.05, 4.69) is 9.88 Å². The van der Waals surface area contributed by atoms with Gasteiger partial charge in [0.05, 0.1) is 5.69 Å². The highest BCUT2D eigenvalue weighted by Crippen LogP contribution is 2.33. The number of nitrogens with zero attached hydrogens (tertiary/aromatic N) is 2. The van der Waals surface area contributed by atoms with Gasteiger partial charge < -0.3 is 14.6 Å². The van der Waals surface area contributed by atoms with Gasteiger partial charge in [0.2, 0.25) is 0 Å². The van der Waals surface area contributed by atoms with Crippen LogP contribution in [-0.4, -0.2) is 47.3 Å². The molecule has 5 heteroatoms. The summed E-state index contributed by atoms with van der Waals surface area (Å²) in [6.45, 7) is 5.04. The van der Waals surface area contributed by atoms with Crippen LogP contribution in [0.1, 0.15) is 24.1 Å². The lowest BCUT2D eigenvalue weighted by Crippen LogP contribution is -2.48. The molecule has 1 fully saturated rings. The molecule has 0 radical (unpaired) electrons. The number of rotatable bonds is 3. The number of aryl methyl sites for hydroxylation is 1. The lowest BCUT2D eigenvalue weighted by molar-refractivity contribution is -0.0401. The van der Waals surface area contributed by atoms with E-state index in [1.807, 2.05) is 49.5 Å². The highest BCUT2D eigenvalue weighted by molar-refractivity contribution is 5.40. The van der Waals surface area contributed by atoms with E-state index in [1.165, 1.54) is 0 Å². The minimum absolute atomic E-state index is 0.0265. The monoisotopic (exact) mass is 340 g/mol. The molecule has 1 aromatic heterocycles. The Kier molecular flexibility index (Phi) is 4.36. The number of benzene rings is 1. The van der Waals surface area contributed by atoms with Crippen LogP contribution in [0.3, 0.4) is 0 Å². The van der Waals surface area contributed by atoms with E-state index in [0.717, 1.165) is 42.4 Å². The van der Waals surface area contributed by atoms with E-state index in [1.54, 1.807) is 0 Å². The van der Waals surface area contributed by atoms with Gasteiger partial charge in [-0.2, -0.15) is 0 Å². The molecule has 1 N–H and O–H groups in total. The standard InChI is InChI=1S/C20H24N2O3/c1-15-6-7-19(21-12-15)20(23)8-10-22(11-9-20)13-16-14-24-17-4-2-3-5-18(17)25-16/h2-7,12,16,23H,8-11,13-14H2,1H3/t16-/m1/s1. The molecule has 0 aliphatic carbocycles. The number of hydrogen-bond donors (Lipinski definition) is 1. The third-order valence-electron chi connectivity index (χ3n) is 5.10. The second-order valence-corrected chi connectivity index (χ2v) is 7.05. The highest BCUT2D eigenvalue weighted by atomic mass is 16.6. The first-order chi connectivity index (χ1) is 12.1. The minimum atomic E-state index is -0.819. The molecule has 4 rings (SSSR count). The van der Waals surface area contributed by atoms with Crippen molar-refractivity contribution in [1.82, 2.24) is 9.88 Å². The average molecular weight is 340 g/mol. The fourth-order valence-corrected chi connectivity index (χ4v) is 3.55. The van der Waals surface area contributed by atoms with Crippen LogP contribution < -0.4 is 9.47 Å². The lowest BCUT2D eigenvalue weighted by Gasteiger charge is -2.39. The SMILES string of the molecule is Cc1ccc(C2(O)CCN(C[C@@H]3COc4ccccc4O3)CC2)nc1. The van der Waals surface area contributed by atoms with Crippen molar-refractivity contribution in [2.24, 2.45) is 0 Å². The van der Waals surface area contributed by atoms with Crippen LogP contribution in [-0.2, 0) is 5.60 Å². The summed E-state index contributed by atoms with van der Waals surface area (Å²) < 4.78 is 11.8. The number of ether oxygens (including phenoxy) is 2. The van der Waals surface area contributed by atoms with Crippen LogP contribution in [0.4, 0.5) is 0 Å². The first-order valence-corrected chi connectivity index (χ1v) is 8.89. The van der Waals surface area contributed by atoms with Gasteiger partial charge in [-0.05, 0) is 43.5 Å². The fourth-order valence-electron chi connectivity index (χ4n) is 3.55. The zero-order chi connectivity index (χ0) is 17.3. The summed E-state index contributed by atoms with van der Waals surface area (Å²) in [5.74, 6) is 1.63. The fraction of sp³-hybridized carbons (Fsp3) is 0.450. The van der Waals surface area contributed by atoms with Gasteiger partial charge in [-0.25, -0.2) is 0 Å². The predicted molar refractivity (Wildman–Crippen MR) is 94.9 cm³/mol. The van der Waals surface area contributed by atoms with Crippen molar-refractivity contribution in [1.29, 1.82) is 0 Å². The van der Waals surface area contributed by atoms with E-state index in [-0.39, 0.29) is 6.10 Å². The number of fused-ring (bicyclic) bond motifs is 1. The van der Waals surface area contributed by atoms with Gasteiger partial charge in [0, 0.05) is 25.8 Å². The quantitative estimate of drug-likeness (QED) is 0.930. The molecule has 0 unspecified atom stereocenters. The van der Waals surface area contributed by atoms with Crippen LogP contribution in [0.15, 0.2) is 42.6 Å². The third-order valence-corrected chi connectivity index (χ3v) is 5.10. The molecule has 0 bridgehead atoms. The molecule has 0 spiro atoms. The predicted octanol–water partition coefficient (Wildman–Crippen LogP) is 2.51. The number of aromatic nitrogens is 1. The van der Waals surface area contributed by atoms with Crippen LogP contribution in [0, 0.1) is 6.92 Å². The molecule has 1 atom stereocenters. The van der Waals surface area contributed by atoms with E-state index < -0.39 is 5.60 Å². The van der Waals surface area contributed by atoms with Crippen LogP contribution in [0.25, 0.3) is 0 Å². The molecule has 1 aromatic carbocycles. The van der Waals surface area contributed by atoms with E-state index >= 15 is 0 Å². The van der Waals surface area contributed by atoms with Gasteiger partial charge in [-0.15, -0.1) is 0 Å². The molecule has 0 saturated carbocycles. The van der Waals surface area contributed by atoms with Crippen molar-refractivity contribution >= 4 is 0 Å². The summed E-state index contributed by atoms with van der Waals surface area (Å²) in [7, 11) is 0. The largest absolute Gasteiger partial charge is 0.486 e. The average Bonchev–Trinajstić information content (AvgIpc) is 2.64. The number of piperidine rings is 1. The summed E-state index contributed by atoms with van der Waals surface area (Å²) in [5, 5.41) is 10.9. The summed E-state index contributed by atoms with van der Waals surface area (Å²) >= 11 is 0. The van der Waals surface area contributed by atoms with Crippen molar-refractivity contribution in [3.8, 4) is 11.5 Å². The van der Waals surface area contributed by atoms with Crippen LogP contribution >= 0.6 is 0 Å². The van der Waals surface area contributed by atoms with Crippen molar-refractivity contribution in [3.63, 3.8) is 0 Å². The number of hydrogen-bond acceptors (Lipinski definition) is 5. The Hall–Kier alpha value is -2.11.